The van der Waals surface area contributed by atoms with Gasteiger partial charge in [-0.05, 0) is 0 Å². The molecule has 0 atom stereocenters. The van der Waals surface area contributed by atoms with Crippen LogP contribution in [0.2, 0.25) is 0 Å². The van der Waals surface area contributed by atoms with Crippen molar-refractivity contribution >= 4 is 11.6 Å². The van der Waals surface area contributed by atoms with Gasteiger partial charge in [-0.1, -0.05) is 0 Å². The third kappa shape index (κ3) is 2.32. The smallest absolute Gasteiger partial charge is 0.350 e. The standard InChI is InChI=1S/C7H8N4O5/c1-8-5(12)3-10-2-4(11(15)16)6(13)9-7(10)14/h2H,3H2,1H3,(H,8,12)(H,9,13,14). The third-order valence-corrected chi connectivity index (χ3v) is 1.78. The summed E-state index contributed by atoms with van der Waals surface area (Å²) in [6.07, 6.45) is 0.733. The summed E-state index contributed by atoms with van der Waals surface area (Å²) in [6, 6.07) is 0. The Balaban J connectivity index is 3.25. The molecule has 16 heavy (non-hydrogen) atoms. The van der Waals surface area contributed by atoms with Crippen molar-refractivity contribution in [1.29, 1.82) is 0 Å². The molecule has 1 rings (SSSR count). The lowest BCUT2D eigenvalue weighted by molar-refractivity contribution is -0.386. The van der Waals surface area contributed by atoms with E-state index in [1.54, 1.807) is 4.98 Å². The van der Waals surface area contributed by atoms with Crippen LogP contribution in [0.1, 0.15) is 0 Å². The van der Waals surface area contributed by atoms with Gasteiger partial charge in [0, 0.05) is 7.05 Å². The van der Waals surface area contributed by atoms with Gasteiger partial charge in [-0.2, -0.15) is 0 Å². The number of nitrogens with zero attached hydrogens (tertiary/aromatic N) is 2. The maximum atomic E-state index is 11.2. The van der Waals surface area contributed by atoms with Gasteiger partial charge in [-0.15, -0.1) is 0 Å². The summed E-state index contributed by atoms with van der Waals surface area (Å²) < 4.78 is 0.748. The van der Waals surface area contributed by atoms with Crippen molar-refractivity contribution in [1.82, 2.24) is 14.9 Å². The molecule has 1 heterocycles. The minimum atomic E-state index is -1.09. The molecule has 1 amide bonds. The summed E-state index contributed by atoms with van der Waals surface area (Å²) in [5.74, 6) is -0.511. The van der Waals surface area contributed by atoms with Crippen LogP contribution in [0.3, 0.4) is 0 Å². The zero-order valence-electron chi connectivity index (χ0n) is 8.22. The summed E-state index contributed by atoms with van der Waals surface area (Å²) in [4.78, 5) is 44.3. The van der Waals surface area contributed by atoms with E-state index in [1.165, 1.54) is 7.05 Å². The molecule has 0 saturated heterocycles. The number of aromatic amines is 1. The lowest BCUT2D eigenvalue weighted by Gasteiger charge is -2.02. The Labute approximate surface area is 87.9 Å². The molecule has 1 aromatic rings. The summed E-state index contributed by atoms with van der Waals surface area (Å²) >= 11 is 0. The second-order valence-corrected chi connectivity index (χ2v) is 2.83. The molecule has 0 spiro atoms. The zero-order valence-corrected chi connectivity index (χ0v) is 8.22. The first-order valence-corrected chi connectivity index (χ1v) is 4.14. The third-order valence-electron chi connectivity index (χ3n) is 1.78. The lowest BCUT2D eigenvalue weighted by Crippen LogP contribution is -2.35. The number of nitrogens with one attached hydrogen (secondary N) is 2. The van der Waals surface area contributed by atoms with Crippen LogP contribution in [-0.4, -0.2) is 27.4 Å². The van der Waals surface area contributed by atoms with E-state index < -0.39 is 34.3 Å². The van der Waals surface area contributed by atoms with Crippen molar-refractivity contribution in [2.45, 2.75) is 6.54 Å². The Morgan fingerprint density at radius 1 is 1.62 bits per heavy atom. The van der Waals surface area contributed by atoms with Crippen LogP contribution < -0.4 is 16.6 Å². The minimum absolute atomic E-state index is 0.396. The number of carbonyl (C=O) groups is 1. The molecule has 0 radical (unpaired) electrons. The van der Waals surface area contributed by atoms with Crippen LogP contribution >= 0.6 is 0 Å². The number of aromatic nitrogens is 2. The SMILES string of the molecule is CNC(=O)Cn1cc([N+](=O)[O-])c(=O)[nH]c1=O. The van der Waals surface area contributed by atoms with Gasteiger partial charge >= 0.3 is 16.9 Å². The van der Waals surface area contributed by atoms with Crippen molar-refractivity contribution in [3.8, 4) is 0 Å². The summed E-state index contributed by atoms with van der Waals surface area (Å²) in [5.41, 5.74) is -2.76. The van der Waals surface area contributed by atoms with Gasteiger partial charge < -0.3 is 5.32 Å². The van der Waals surface area contributed by atoms with Crippen molar-refractivity contribution < 1.29 is 9.72 Å². The fourth-order valence-electron chi connectivity index (χ4n) is 0.979. The first-order valence-electron chi connectivity index (χ1n) is 4.14. The number of rotatable bonds is 3. The molecule has 0 fully saturated rings. The van der Waals surface area contributed by atoms with E-state index in [2.05, 4.69) is 5.32 Å². The molecule has 0 bridgehead atoms. The fraction of sp³-hybridized carbons (Fsp3) is 0.286. The Morgan fingerprint density at radius 2 is 2.25 bits per heavy atom. The lowest BCUT2D eigenvalue weighted by atomic mass is 10.5. The molecule has 0 aliphatic rings. The predicted octanol–water partition coefficient (Wildman–Crippen LogP) is -1.81. The van der Waals surface area contributed by atoms with Crippen LogP contribution in [0, 0.1) is 10.1 Å². The van der Waals surface area contributed by atoms with E-state index in [-0.39, 0.29) is 0 Å². The molecular formula is C7H8N4O5. The largest absolute Gasteiger partial charge is 0.358 e. The minimum Gasteiger partial charge on any atom is -0.358 e. The number of amides is 1. The monoisotopic (exact) mass is 228 g/mol. The Morgan fingerprint density at radius 3 is 2.75 bits per heavy atom. The van der Waals surface area contributed by atoms with Crippen LogP contribution in [0.4, 0.5) is 5.69 Å². The maximum Gasteiger partial charge on any atom is 0.350 e. The average Bonchev–Trinajstić information content (AvgIpc) is 2.21. The number of carbonyl (C=O) groups excluding carboxylic acids is 1. The van der Waals surface area contributed by atoms with Crippen LogP contribution in [-0.2, 0) is 11.3 Å². The van der Waals surface area contributed by atoms with E-state index in [0.29, 0.717) is 0 Å². The quantitative estimate of drug-likeness (QED) is 0.465. The van der Waals surface area contributed by atoms with Crippen molar-refractivity contribution in [2.24, 2.45) is 0 Å². The van der Waals surface area contributed by atoms with Crippen molar-refractivity contribution in [2.75, 3.05) is 7.05 Å². The number of hydrogen-bond donors (Lipinski definition) is 2. The summed E-state index contributed by atoms with van der Waals surface area (Å²) in [6.45, 7) is -0.396. The molecule has 86 valence electrons. The van der Waals surface area contributed by atoms with Gasteiger partial charge in [0.2, 0.25) is 5.91 Å². The highest BCUT2D eigenvalue weighted by atomic mass is 16.6. The van der Waals surface area contributed by atoms with E-state index in [1.807, 2.05) is 0 Å². The average molecular weight is 228 g/mol. The fourth-order valence-corrected chi connectivity index (χ4v) is 0.979. The molecule has 0 aromatic carbocycles. The first kappa shape index (κ1) is 11.6. The van der Waals surface area contributed by atoms with Gasteiger partial charge in [0.15, 0.2) is 0 Å². The van der Waals surface area contributed by atoms with Gasteiger partial charge in [0.25, 0.3) is 0 Å². The second kappa shape index (κ2) is 4.38. The van der Waals surface area contributed by atoms with Gasteiger partial charge in [0.1, 0.15) is 6.54 Å². The highest BCUT2D eigenvalue weighted by molar-refractivity contribution is 5.75. The van der Waals surface area contributed by atoms with Crippen LogP contribution in [0.25, 0.3) is 0 Å². The number of H-pyrrole nitrogens is 1. The van der Waals surface area contributed by atoms with Crippen LogP contribution in [0.15, 0.2) is 15.8 Å². The Kier molecular flexibility index (Phi) is 3.18. The molecule has 0 unspecified atom stereocenters. The Bertz CT molecular complexity index is 542. The van der Waals surface area contributed by atoms with Gasteiger partial charge in [-0.3, -0.25) is 29.3 Å². The molecule has 0 aliphatic heterocycles. The van der Waals surface area contributed by atoms with Crippen molar-refractivity contribution in [3.63, 3.8) is 0 Å². The Hall–Kier alpha value is -2.45. The summed E-state index contributed by atoms with van der Waals surface area (Å²) in [7, 11) is 1.35. The van der Waals surface area contributed by atoms with Crippen LogP contribution in [0.5, 0.6) is 0 Å². The van der Waals surface area contributed by atoms with Gasteiger partial charge in [0.05, 0.1) is 11.1 Å². The predicted molar refractivity (Wildman–Crippen MR) is 52.0 cm³/mol. The topological polar surface area (TPSA) is 127 Å². The number of likely N-dealkylation sites (N-methyl/N-ethyl adjacent to an activating group) is 1. The van der Waals surface area contributed by atoms with Gasteiger partial charge in [-0.25, -0.2) is 4.79 Å². The molecular weight excluding hydrogens is 220 g/mol. The van der Waals surface area contributed by atoms with Crippen molar-refractivity contribution in [3.05, 3.63) is 37.1 Å². The first-order chi connectivity index (χ1) is 7.45. The molecule has 9 heteroatoms. The molecule has 2 N–H and O–H groups in total. The highest BCUT2D eigenvalue weighted by Gasteiger charge is 2.15. The molecule has 9 nitrogen and oxygen atoms in total. The van der Waals surface area contributed by atoms with E-state index in [9.17, 15) is 24.5 Å². The molecule has 0 aliphatic carbocycles. The number of hydrogen-bond acceptors (Lipinski definition) is 5. The molecule has 1 aromatic heterocycles. The van der Waals surface area contributed by atoms with E-state index in [4.69, 9.17) is 0 Å². The highest BCUT2D eigenvalue weighted by Crippen LogP contribution is 1.98. The zero-order chi connectivity index (χ0) is 12.3. The second-order valence-electron chi connectivity index (χ2n) is 2.83. The van der Waals surface area contributed by atoms with E-state index in [0.717, 1.165) is 10.8 Å². The summed E-state index contributed by atoms with van der Waals surface area (Å²) in [5, 5.41) is 12.7. The normalized spacial score (nSPS) is 9.81. The maximum absolute atomic E-state index is 11.2. The molecule has 0 saturated carbocycles. The van der Waals surface area contributed by atoms with E-state index >= 15 is 0 Å². The number of nitro groups is 1.